The molecule has 0 bridgehead atoms. The Hall–Kier alpha value is 0.409. The Kier molecular flexibility index (Phi) is 10.5. The minimum Gasteiger partial charge on any atom is -0.320 e. The Morgan fingerprint density at radius 1 is 1.28 bits per heavy atom. The Labute approximate surface area is 151 Å². The normalized spacial score (nSPS) is 20.0. The molecular formula is C16H24NYb-. The fraction of sp³-hybridized carbons (Fsp3) is 0.500. The smallest absolute Gasteiger partial charge is 0.0659 e. The van der Waals surface area contributed by atoms with Crippen LogP contribution < -0.4 is 0 Å². The number of hydrogen-bond donors (Lipinski definition) is 0. The van der Waals surface area contributed by atoms with Crippen molar-refractivity contribution in [3.63, 3.8) is 0 Å². The fourth-order valence-electron chi connectivity index (χ4n) is 2.06. The second-order valence-corrected chi connectivity index (χ2v) is 4.28. The van der Waals surface area contributed by atoms with Gasteiger partial charge in [-0.25, -0.2) is 0 Å². The molecule has 1 nitrogen and oxygen atoms in total. The summed E-state index contributed by atoms with van der Waals surface area (Å²) in [6, 6.07) is 8.45. The van der Waals surface area contributed by atoms with Crippen molar-refractivity contribution in [1.29, 1.82) is 0 Å². The predicted octanol–water partition coefficient (Wildman–Crippen LogP) is 4.98. The third-order valence-corrected chi connectivity index (χ3v) is 2.96. The van der Waals surface area contributed by atoms with Gasteiger partial charge in [0.15, 0.2) is 0 Å². The van der Waals surface area contributed by atoms with Gasteiger partial charge in [0.1, 0.15) is 0 Å². The van der Waals surface area contributed by atoms with E-state index in [1.54, 1.807) is 0 Å². The standard InChI is InChI=1S/C14H18N.C2H6.Yb/c1-3-12-6-4-5-7-14(12)15-13-9-8-11(2)10-13;1-2;/h4-8,11H,3,9-10H2,1-2H3;1-2H3;/q-1;;. The average molecular weight is 403 g/mol. The number of para-hydroxylation sites is 1. The van der Waals surface area contributed by atoms with Gasteiger partial charge in [-0.3, -0.25) is 4.99 Å². The summed E-state index contributed by atoms with van der Waals surface area (Å²) in [4.78, 5) is 4.76. The van der Waals surface area contributed by atoms with Gasteiger partial charge in [0.05, 0.1) is 5.69 Å². The summed E-state index contributed by atoms with van der Waals surface area (Å²) in [5.41, 5.74) is 3.85. The number of benzene rings is 1. The minimum atomic E-state index is 0. The van der Waals surface area contributed by atoms with E-state index in [2.05, 4.69) is 44.5 Å². The van der Waals surface area contributed by atoms with Crippen molar-refractivity contribution in [1.82, 2.24) is 0 Å². The molecule has 1 aliphatic rings. The Morgan fingerprint density at radius 2 is 1.94 bits per heavy atom. The van der Waals surface area contributed by atoms with E-state index in [0.717, 1.165) is 24.9 Å². The van der Waals surface area contributed by atoms with Crippen LogP contribution in [0.2, 0.25) is 0 Å². The Bertz CT molecular complexity index is 371. The first-order chi connectivity index (χ1) is 8.29. The second-order valence-electron chi connectivity index (χ2n) is 4.28. The summed E-state index contributed by atoms with van der Waals surface area (Å²) >= 11 is 0. The molecule has 1 atom stereocenters. The molecule has 1 aliphatic carbocycles. The zero-order chi connectivity index (χ0) is 12.7. The van der Waals surface area contributed by atoms with Gasteiger partial charge in [-0.1, -0.05) is 45.9 Å². The van der Waals surface area contributed by atoms with Gasteiger partial charge in [0.25, 0.3) is 0 Å². The molecule has 1 aromatic rings. The third kappa shape index (κ3) is 5.59. The maximum atomic E-state index is 4.76. The average Bonchev–Trinajstić information content (AvgIpc) is 2.78. The molecule has 0 N–H and O–H groups in total. The summed E-state index contributed by atoms with van der Waals surface area (Å²) in [7, 11) is 0. The molecule has 0 spiro atoms. The van der Waals surface area contributed by atoms with Crippen molar-refractivity contribution in [2.75, 3.05) is 0 Å². The van der Waals surface area contributed by atoms with Crippen LogP contribution in [0.5, 0.6) is 0 Å². The summed E-state index contributed by atoms with van der Waals surface area (Å²) < 4.78 is 0. The van der Waals surface area contributed by atoms with Gasteiger partial charge >= 0.3 is 0 Å². The van der Waals surface area contributed by atoms with Gasteiger partial charge in [-0.2, -0.15) is 5.92 Å². The van der Waals surface area contributed by atoms with Gasteiger partial charge in [0, 0.05) is 46.9 Å². The molecule has 0 saturated heterocycles. The monoisotopic (exact) mass is 404 g/mol. The first-order valence-corrected chi connectivity index (χ1v) is 6.77. The van der Waals surface area contributed by atoms with Gasteiger partial charge < -0.3 is 6.42 Å². The van der Waals surface area contributed by atoms with Gasteiger partial charge in [-0.05, 0) is 30.2 Å². The number of rotatable bonds is 2. The molecule has 0 aliphatic heterocycles. The van der Waals surface area contributed by atoms with Crippen LogP contribution >= 0.6 is 0 Å². The van der Waals surface area contributed by atoms with Crippen molar-refractivity contribution in [2.45, 2.75) is 47.0 Å². The van der Waals surface area contributed by atoms with E-state index in [0.29, 0.717) is 5.92 Å². The molecule has 108 valence electrons. The molecule has 0 amide bonds. The molecule has 1 saturated carbocycles. The first-order valence-electron chi connectivity index (χ1n) is 6.77. The third-order valence-electron chi connectivity index (χ3n) is 2.96. The van der Waals surface area contributed by atoms with E-state index in [1.807, 2.05) is 13.8 Å². The van der Waals surface area contributed by atoms with Crippen molar-refractivity contribution in [2.24, 2.45) is 10.9 Å². The van der Waals surface area contributed by atoms with E-state index < -0.39 is 0 Å². The van der Waals surface area contributed by atoms with Crippen molar-refractivity contribution in [3.05, 3.63) is 36.2 Å². The Balaban J connectivity index is 0.000000917. The summed E-state index contributed by atoms with van der Waals surface area (Å²) in [5.74, 6) is 0.706. The SMILES string of the molecule is CC.CCc1ccccc1N=C1C[CH-]C(C)C1.[Yb]. The maximum absolute atomic E-state index is 4.76. The van der Waals surface area contributed by atoms with Crippen LogP contribution in [0, 0.1) is 59.3 Å². The predicted molar refractivity (Wildman–Crippen MR) is 77.0 cm³/mol. The van der Waals surface area contributed by atoms with E-state index in [-0.39, 0.29) is 46.9 Å². The summed E-state index contributed by atoms with van der Waals surface area (Å²) in [6.07, 6.45) is 5.62. The number of aryl methyl sites for hydroxylation is 1. The molecule has 2 rings (SSSR count). The topological polar surface area (TPSA) is 12.4 Å². The van der Waals surface area contributed by atoms with E-state index in [9.17, 15) is 0 Å². The number of hydrogen-bond acceptors (Lipinski definition) is 1. The maximum Gasteiger partial charge on any atom is 0.0659 e. The van der Waals surface area contributed by atoms with Crippen LogP contribution in [0.15, 0.2) is 29.3 Å². The fourth-order valence-corrected chi connectivity index (χ4v) is 2.06. The molecule has 0 aromatic heterocycles. The van der Waals surface area contributed by atoms with Gasteiger partial charge in [-0.15, -0.1) is 6.42 Å². The van der Waals surface area contributed by atoms with E-state index >= 15 is 0 Å². The van der Waals surface area contributed by atoms with Crippen molar-refractivity contribution < 1.29 is 46.9 Å². The Morgan fingerprint density at radius 3 is 2.50 bits per heavy atom. The van der Waals surface area contributed by atoms with Crippen molar-refractivity contribution in [3.8, 4) is 0 Å². The quantitative estimate of drug-likeness (QED) is 0.618. The van der Waals surface area contributed by atoms with Crippen LogP contribution in [0.4, 0.5) is 5.69 Å². The summed E-state index contributed by atoms with van der Waals surface area (Å²) in [5, 5.41) is 0. The second kappa shape index (κ2) is 10.2. The molecule has 18 heavy (non-hydrogen) atoms. The minimum absolute atomic E-state index is 0. The van der Waals surface area contributed by atoms with E-state index in [4.69, 9.17) is 4.99 Å². The zero-order valence-corrected chi connectivity index (χ0v) is 13.5. The van der Waals surface area contributed by atoms with E-state index in [1.165, 1.54) is 11.3 Å². The van der Waals surface area contributed by atoms with Crippen LogP contribution in [0.25, 0.3) is 0 Å². The number of nitrogens with zero attached hydrogens (tertiary/aromatic N) is 1. The number of aliphatic imine (C=N–C) groups is 1. The molecule has 2 heteroatoms. The largest absolute Gasteiger partial charge is 0.320 e. The zero-order valence-electron chi connectivity index (χ0n) is 11.8. The molecule has 0 radical (unpaired) electrons. The molecule has 0 heterocycles. The van der Waals surface area contributed by atoms with Crippen LogP contribution in [-0.2, 0) is 6.42 Å². The molecule has 1 aromatic carbocycles. The molecular weight excluding hydrogens is 379 g/mol. The van der Waals surface area contributed by atoms with Gasteiger partial charge in [0.2, 0.25) is 0 Å². The molecule has 1 fully saturated rings. The van der Waals surface area contributed by atoms with Crippen molar-refractivity contribution >= 4 is 11.4 Å². The first kappa shape index (κ1) is 18.4. The van der Waals surface area contributed by atoms with Crippen LogP contribution in [0.3, 0.4) is 0 Å². The summed E-state index contributed by atoms with van der Waals surface area (Å²) in [6.45, 7) is 8.44. The molecule has 1 unspecified atom stereocenters. The van der Waals surface area contributed by atoms with Crippen LogP contribution in [0.1, 0.15) is 46.1 Å². The van der Waals surface area contributed by atoms with Crippen LogP contribution in [-0.4, -0.2) is 5.71 Å².